The number of halogens is 3. The molecule has 1 heterocycles. The van der Waals surface area contributed by atoms with Crippen LogP contribution in [0, 0.1) is 5.82 Å². The molecule has 2 aromatic rings. The molecule has 0 spiro atoms. The zero-order chi connectivity index (χ0) is 26.5. The Hall–Kier alpha value is -1.71. The van der Waals surface area contributed by atoms with Gasteiger partial charge in [-0.2, -0.15) is 0 Å². The van der Waals surface area contributed by atoms with E-state index < -0.39 is 27.0 Å². The van der Waals surface area contributed by atoms with Gasteiger partial charge in [0.2, 0.25) is 10.0 Å². The van der Waals surface area contributed by atoms with Crippen LogP contribution < -0.4 is 4.72 Å². The van der Waals surface area contributed by atoms with Gasteiger partial charge >= 0.3 is 0 Å². The number of sulfonamides is 1. The summed E-state index contributed by atoms with van der Waals surface area (Å²) in [5, 5.41) is 0.705. The number of piperazine rings is 1. The molecule has 6 nitrogen and oxygen atoms in total. The number of carbonyl (C=O) groups excluding carboxylic acids is 1. The number of carbonyl (C=O) groups is 1. The quantitative estimate of drug-likeness (QED) is 0.456. The van der Waals surface area contributed by atoms with E-state index in [0.717, 1.165) is 49.2 Å². The highest BCUT2D eigenvalue weighted by Crippen LogP contribution is 2.43. The topological polar surface area (TPSA) is 69.7 Å². The van der Waals surface area contributed by atoms with Crippen LogP contribution in [0.4, 0.5) is 4.39 Å². The minimum absolute atomic E-state index is 0.150. The second-order valence-corrected chi connectivity index (χ2v) is 13.5. The molecule has 0 unspecified atom stereocenters. The van der Waals surface area contributed by atoms with Crippen molar-refractivity contribution in [2.75, 3.05) is 19.6 Å². The maximum absolute atomic E-state index is 15.1. The Kier molecular flexibility index (Phi) is 7.59. The molecule has 0 radical (unpaired) electrons. The standard InChI is InChI=1S/C27H32Cl2FN3O3S/c1-16-14-32(7-8-33(16)17(2)19-9-21(28)12-22(29)10-19)15-20-11-26(30)25(13-24(20)18-3-4-18)27(34)31-37(35,36)23-5-6-23/h9-13,16-18,23H,3-8,14-15H2,1-2H3,(H,31,34)/t16-,17+/m0/s1. The van der Waals surface area contributed by atoms with Crippen molar-refractivity contribution < 1.29 is 17.6 Å². The van der Waals surface area contributed by atoms with Gasteiger partial charge in [0.05, 0.1) is 10.8 Å². The van der Waals surface area contributed by atoms with Crippen LogP contribution in [0.1, 0.15) is 78.5 Å². The lowest BCUT2D eigenvalue weighted by Crippen LogP contribution is -2.52. The summed E-state index contributed by atoms with van der Waals surface area (Å²) in [5.74, 6) is -1.27. The van der Waals surface area contributed by atoms with Crippen molar-refractivity contribution in [2.45, 2.75) is 69.3 Å². The fourth-order valence-electron chi connectivity index (χ4n) is 5.38. The molecule has 2 aliphatic carbocycles. The molecule has 2 saturated carbocycles. The highest BCUT2D eigenvalue weighted by atomic mass is 35.5. The first kappa shape index (κ1) is 26.9. The largest absolute Gasteiger partial charge is 0.296 e. The van der Waals surface area contributed by atoms with Gasteiger partial charge < -0.3 is 0 Å². The van der Waals surface area contributed by atoms with Gasteiger partial charge in [0.25, 0.3) is 5.91 Å². The molecule has 1 saturated heterocycles. The first-order chi connectivity index (χ1) is 17.5. The molecule has 200 valence electrons. The van der Waals surface area contributed by atoms with Gasteiger partial charge in [-0.1, -0.05) is 23.2 Å². The zero-order valence-electron chi connectivity index (χ0n) is 21.0. The first-order valence-electron chi connectivity index (χ1n) is 12.8. The molecule has 5 rings (SSSR count). The fourth-order valence-corrected chi connectivity index (χ4v) is 7.21. The van der Waals surface area contributed by atoms with E-state index in [0.29, 0.717) is 29.4 Å². The van der Waals surface area contributed by atoms with Crippen LogP contribution in [0.2, 0.25) is 10.0 Å². The molecule has 0 aromatic heterocycles. The van der Waals surface area contributed by atoms with Crippen LogP contribution in [0.25, 0.3) is 0 Å². The molecule has 10 heteroatoms. The molecule has 2 aromatic carbocycles. The average Bonchev–Trinajstić information content (AvgIpc) is 3.71. The third-order valence-electron chi connectivity index (χ3n) is 7.71. The van der Waals surface area contributed by atoms with E-state index >= 15 is 4.39 Å². The van der Waals surface area contributed by atoms with E-state index in [1.54, 1.807) is 12.1 Å². The van der Waals surface area contributed by atoms with E-state index in [4.69, 9.17) is 23.2 Å². The Morgan fingerprint density at radius 2 is 1.76 bits per heavy atom. The summed E-state index contributed by atoms with van der Waals surface area (Å²) in [6.07, 6.45) is 3.05. The Morgan fingerprint density at radius 1 is 1.08 bits per heavy atom. The van der Waals surface area contributed by atoms with Gasteiger partial charge in [-0.25, -0.2) is 17.5 Å². The summed E-state index contributed by atoms with van der Waals surface area (Å²) in [6.45, 7) is 7.39. The number of hydrogen-bond donors (Lipinski definition) is 1. The summed E-state index contributed by atoms with van der Waals surface area (Å²) in [7, 11) is -3.74. The molecule has 0 bridgehead atoms. The first-order valence-corrected chi connectivity index (χ1v) is 15.1. The van der Waals surface area contributed by atoms with Crippen molar-refractivity contribution in [1.82, 2.24) is 14.5 Å². The van der Waals surface area contributed by atoms with Crippen LogP contribution in [-0.4, -0.2) is 55.1 Å². The normalized spacial score (nSPS) is 22.1. The maximum atomic E-state index is 15.1. The van der Waals surface area contributed by atoms with E-state index in [2.05, 4.69) is 28.4 Å². The average molecular weight is 569 g/mol. The van der Waals surface area contributed by atoms with Gasteiger partial charge in [0, 0.05) is 48.3 Å². The van der Waals surface area contributed by atoms with Gasteiger partial charge in [0.1, 0.15) is 5.82 Å². The van der Waals surface area contributed by atoms with Crippen LogP contribution in [0.15, 0.2) is 30.3 Å². The molecule has 3 aliphatic rings. The van der Waals surface area contributed by atoms with Crippen LogP contribution in [0.5, 0.6) is 0 Å². The summed E-state index contributed by atoms with van der Waals surface area (Å²) in [6, 6.07) is 9.05. The lowest BCUT2D eigenvalue weighted by atomic mass is 9.97. The van der Waals surface area contributed by atoms with Gasteiger partial charge in [0.15, 0.2) is 0 Å². The Balaban J connectivity index is 1.29. The maximum Gasteiger partial charge on any atom is 0.267 e. The van der Waals surface area contributed by atoms with Crippen molar-refractivity contribution >= 4 is 39.1 Å². The lowest BCUT2D eigenvalue weighted by molar-refractivity contribution is 0.0503. The van der Waals surface area contributed by atoms with Crippen molar-refractivity contribution in [1.29, 1.82) is 0 Å². The number of rotatable bonds is 8. The highest BCUT2D eigenvalue weighted by Gasteiger charge is 2.38. The second-order valence-electron chi connectivity index (χ2n) is 10.7. The number of nitrogens with zero attached hydrogens (tertiary/aromatic N) is 2. The van der Waals surface area contributed by atoms with Crippen molar-refractivity contribution in [3.05, 3.63) is 68.4 Å². The molecule has 1 N–H and O–H groups in total. The van der Waals surface area contributed by atoms with E-state index in [1.165, 1.54) is 6.07 Å². The SMILES string of the molecule is C[C@H](c1cc(Cl)cc(Cl)c1)N1CCN(Cc2cc(F)c(C(=O)NS(=O)(=O)C3CC3)cc2C2CC2)C[C@@H]1C. The van der Waals surface area contributed by atoms with Gasteiger partial charge in [-0.15, -0.1) is 0 Å². The van der Waals surface area contributed by atoms with Gasteiger partial charge in [-0.05, 0) is 92.5 Å². The third kappa shape index (κ3) is 6.14. The smallest absolute Gasteiger partial charge is 0.267 e. The molecule has 37 heavy (non-hydrogen) atoms. The Bertz CT molecular complexity index is 1290. The molecule has 3 fully saturated rings. The van der Waals surface area contributed by atoms with Gasteiger partial charge in [-0.3, -0.25) is 14.6 Å². The summed E-state index contributed by atoms with van der Waals surface area (Å²) >= 11 is 12.4. The highest BCUT2D eigenvalue weighted by molar-refractivity contribution is 7.91. The van der Waals surface area contributed by atoms with E-state index in [9.17, 15) is 13.2 Å². The summed E-state index contributed by atoms with van der Waals surface area (Å²) < 4.78 is 41.6. The molecule has 2 atom stereocenters. The molecular formula is C27H32Cl2FN3O3S. The Labute approximate surface area is 228 Å². The number of hydrogen-bond acceptors (Lipinski definition) is 5. The van der Waals surface area contributed by atoms with Crippen LogP contribution in [0.3, 0.4) is 0 Å². The summed E-state index contributed by atoms with van der Waals surface area (Å²) in [5.41, 5.74) is 2.71. The third-order valence-corrected chi connectivity index (χ3v) is 9.97. The predicted octanol–water partition coefficient (Wildman–Crippen LogP) is 5.50. The zero-order valence-corrected chi connectivity index (χ0v) is 23.3. The minimum atomic E-state index is -3.74. The van der Waals surface area contributed by atoms with Crippen LogP contribution >= 0.6 is 23.2 Å². The van der Waals surface area contributed by atoms with Crippen molar-refractivity contribution in [3.63, 3.8) is 0 Å². The molecule has 1 aliphatic heterocycles. The molecular weight excluding hydrogens is 536 g/mol. The number of nitrogens with one attached hydrogen (secondary N) is 1. The fraction of sp³-hybridized carbons (Fsp3) is 0.519. The van der Waals surface area contributed by atoms with E-state index in [1.807, 2.05) is 12.1 Å². The summed E-state index contributed by atoms with van der Waals surface area (Å²) in [4.78, 5) is 17.4. The number of benzene rings is 2. The van der Waals surface area contributed by atoms with E-state index in [-0.39, 0.29) is 23.6 Å². The minimum Gasteiger partial charge on any atom is -0.296 e. The monoisotopic (exact) mass is 567 g/mol. The lowest BCUT2D eigenvalue weighted by Gasteiger charge is -2.43. The predicted molar refractivity (Wildman–Crippen MR) is 144 cm³/mol. The number of amides is 1. The van der Waals surface area contributed by atoms with Crippen molar-refractivity contribution in [3.8, 4) is 0 Å². The second kappa shape index (κ2) is 10.5. The van der Waals surface area contributed by atoms with Crippen LogP contribution in [-0.2, 0) is 16.6 Å². The van der Waals surface area contributed by atoms with Crippen molar-refractivity contribution in [2.24, 2.45) is 0 Å². The Morgan fingerprint density at radius 3 is 2.35 bits per heavy atom. The molecule has 1 amide bonds.